The topological polar surface area (TPSA) is 76.5 Å². The maximum atomic E-state index is 12.2. The number of hydrogen-bond donors (Lipinski definition) is 1. The molecular formula is C13H10N2O3. The van der Waals surface area contributed by atoms with Gasteiger partial charge in [-0.1, -0.05) is 0 Å². The SMILES string of the molecule is Cc1occc1N1C(=O)c2ccc(N)cc2C1=O. The van der Waals surface area contributed by atoms with E-state index in [2.05, 4.69) is 0 Å². The second-order valence-corrected chi connectivity index (χ2v) is 4.11. The maximum Gasteiger partial charge on any atom is 0.266 e. The first-order valence-electron chi connectivity index (χ1n) is 5.42. The summed E-state index contributed by atoms with van der Waals surface area (Å²) in [4.78, 5) is 25.5. The molecule has 0 aliphatic carbocycles. The van der Waals surface area contributed by atoms with Gasteiger partial charge in [0.25, 0.3) is 11.8 Å². The Balaban J connectivity index is 2.16. The van der Waals surface area contributed by atoms with Gasteiger partial charge < -0.3 is 10.2 Å². The van der Waals surface area contributed by atoms with Crippen LogP contribution in [0.1, 0.15) is 26.5 Å². The normalized spacial score (nSPS) is 14.2. The second-order valence-electron chi connectivity index (χ2n) is 4.11. The number of fused-ring (bicyclic) bond motifs is 1. The highest BCUT2D eigenvalue weighted by molar-refractivity contribution is 6.34. The number of carbonyl (C=O) groups is 2. The Hall–Kier alpha value is -2.56. The molecule has 18 heavy (non-hydrogen) atoms. The number of amides is 2. The molecule has 0 atom stereocenters. The van der Waals surface area contributed by atoms with Crippen LogP contribution in [0.5, 0.6) is 0 Å². The molecule has 2 aromatic rings. The summed E-state index contributed by atoms with van der Waals surface area (Å²) >= 11 is 0. The van der Waals surface area contributed by atoms with E-state index in [0.29, 0.717) is 28.3 Å². The number of furan rings is 1. The number of anilines is 2. The summed E-state index contributed by atoms with van der Waals surface area (Å²) in [5.41, 5.74) is 7.27. The Kier molecular flexibility index (Phi) is 2.04. The molecule has 0 unspecified atom stereocenters. The second kappa shape index (κ2) is 3.46. The van der Waals surface area contributed by atoms with Crippen molar-refractivity contribution in [3.05, 3.63) is 47.4 Å². The zero-order valence-electron chi connectivity index (χ0n) is 9.64. The maximum absolute atomic E-state index is 12.2. The van der Waals surface area contributed by atoms with Gasteiger partial charge in [0.2, 0.25) is 0 Å². The zero-order chi connectivity index (χ0) is 12.9. The number of rotatable bonds is 1. The number of benzene rings is 1. The fourth-order valence-corrected chi connectivity index (χ4v) is 2.09. The number of hydrogen-bond acceptors (Lipinski definition) is 4. The van der Waals surface area contributed by atoms with Crippen LogP contribution >= 0.6 is 0 Å². The lowest BCUT2D eigenvalue weighted by atomic mass is 10.1. The van der Waals surface area contributed by atoms with Crippen LogP contribution in [0, 0.1) is 6.92 Å². The van der Waals surface area contributed by atoms with Gasteiger partial charge in [-0.25, -0.2) is 4.90 Å². The van der Waals surface area contributed by atoms with Gasteiger partial charge in [-0.15, -0.1) is 0 Å². The molecule has 0 spiro atoms. The summed E-state index contributed by atoms with van der Waals surface area (Å²) in [6, 6.07) is 6.29. The van der Waals surface area contributed by atoms with E-state index < -0.39 is 0 Å². The average molecular weight is 242 g/mol. The van der Waals surface area contributed by atoms with Crippen molar-refractivity contribution < 1.29 is 14.0 Å². The number of nitrogens with two attached hydrogens (primary N) is 1. The van der Waals surface area contributed by atoms with Crippen molar-refractivity contribution in [3.63, 3.8) is 0 Å². The molecule has 1 aliphatic heterocycles. The van der Waals surface area contributed by atoms with E-state index in [9.17, 15) is 9.59 Å². The minimum atomic E-state index is -0.369. The quantitative estimate of drug-likeness (QED) is 0.612. The van der Waals surface area contributed by atoms with Gasteiger partial charge in [0.15, 0.2) is 0 Å². The van der Waals surface area contributed by atoms with Crippen LogP contribution in [0.2, 0.25) is 0 Å². The Morgan fingerprint density at radius 2 is 1.83 bits per heavy atom. The van der Waals surface area contributed by atoms with E-state index in [1.165, 1.54) is 12.3 Å². The molecule has 3 rings (SSSR count). The number of carbonyl (C=O) groups excluding carboxylic acids is 2. The predicted octanol–water partition coefficient (Wildman–Crippen LogP) is 1.97. The summed E-state index contributed by atoms with van der Waals surface area (Å²) in [7, 11) is 0. The molecule has 2 amide bonds. The van der Waals surface area contributed by atoms with E-state index in [1.807, 2.05) is 0 Å². The van der Waals surface area contributed by atoms with Gasteiger partial charge in [0.1, 0.15) is 5.76 Å². The molecule has 2 N–H and O–H groups in total. The number of nitrogen functional groups attached to an aromatic ring is 1. The minimum Gasteiger partial charge on any atom is -0.467 e. The van der Waals surface area contributed by atoms with Crippen LogP contribution in [0.15, 0.2) is 34.9 Å². The van der Waals surface area contributed by atoms with Crippen LogP contribution in [0.4, 0.5) is 11.4 Å². The predicted molar refractivity (Wildman–Crippen MR) is 65.4 cm³/mol. The lowest BCUT2D eigenvalue weighted by molar-refractivity contribution is 0.0925. The Bertz CT molecular complexity index is 673. The fourth-order valence-electron chi connectivity index (χ4n) is 2.09. The van der Waals surface area contributed by atoms with Crippen LogP contribution in [0.25, 0.3) is 0 Å². The first-order chi connectivity index (χ1) is 8.59. The molecule has 5 nitrogen and oxygen atoms in total. The van der Waals surface area contributed by atoms with E-state index >= 15 is 0 Å². The van der Waals surface area contributed by atoms with Gasteiger partial charge in [0.05, 0.1) is 23.1 Å². The van der Waals surface area contributed by atoms with Crippen molar-refractivity contribution in [2.45, 2.75) is 6.92 Å². The zero-order valence-corrected chi connectivity index (χ0v) is 9.64. The van der Waals surface area contributed by atoms with Gasteiger partial charge in [-0.3, -0.25) is 9.59 Å². The van der Waals surface area contributed by atoms with E-state index in [1.54, 1.807) is 25.1 Å². The summed E-state index contributed by atoms with van der Waals surface area (Å²) in [5, 5.41) is 0. The first-order valence-corrected chi connectivity index (χ1v) is 5.42. The van der Waals surface area contributed by atoms with Crippen LogP contribution in [0.3, 0.4) is 0 Å². The van der Waals surface area contributed by atoms with Gasteiger partial charge in [-0.05, 0) is 25.1 Å². The molecule has 1 aliphatic rings. The molecule has 0 radical (unpaired) electrons. The molecule has 5 heteroatoms. The van der Waals surface area contributed by atoms with E-state index in [4.69, 9.17) is 10.2 Å². The number of aryl methyl sites for hydroxylation is 1. The van der Waals surface area contributed by atoms with Crippen LogP contribution in [-0.4, -0.2) is 11.8 Å². The highest BCUT2D eigenvalue weighted by atomic mass is 16.3. The third-order valence-corrected chi connectivity index (χ3v) is 2.98. The molecule has 0 saturated heterocycles. The largest absolute Gasteiger partial charge is 0.467 e. The van der Waals surface area contributed by atoms with Crippen molar-refractivity contribution in [1.82, 2.24) is 0 Å². The molecular weight excluding hydrogens is 232 g/mol. The Morgan fingerprint density at radius 1 is 1.11 bits per heavy atom. The molecule has 90 valence electrons. The first kappa shape index (κ1) is 10.6. The summed E-state index contributed by atoms with van der Waals surface area (Å²) in [6.45, 7) is 1.70. The van der Waals surface area contributed by atoms with Crippen molar-refractivity contribution in [2.24, 2.45) is 0 Å². The van der Waals surface area contributed by atoms with Gasteiger partial charge >= 0.3 is 0 Å². The van der Waals surface area contributed by atoms with E-state index in [-0.39, 0.29) is 11.8 Å². The summed E-state index contributed by atoms with van der Waals surface area (Å²) in [5.74, 6) is -0.191. The number of nitrogens with zero attached hydrogens (tertiary/aromatic N) is 1. The lowest BCUT2D eigenvalue weighted by Crippen LogP contribution is -2.29. The molecule has 0 bridgehead atoms. The van der Waals surface area contributed by atoms with Crippen molar-refractivity contribution in [2.75, 3.05) is 10.6 Å². The Morgan fingerprint density at radius 3 is 2.50 bits per heavy atom. The van der Waals surface area contributed by atoms with Crippen molar-refractivity contribution in [3.8, 4) is 0 Å². The molecule has 2 heterocycles. The lowest BCUT2D eigenvalue weighted by Gasteiger charge is -2.11. The molecule has 1 aromatic heterocycles. The number of imide groups is 1. The van der Waals surface area contributed by atoms with E-state index in [0.717, 1.165) is 4.90 Å². The Labute approximate surface area is 103 Å². The summed E-state index contributed by atoms with van der Waals surface area (Å²) < 4.78 is 5.13. The molecule has 0 saturated carbocycles. The highest BCUT2D eigenvalue weighted by Gasteiger charge is 2.37. The third-order valence-electron chi connectivity index (χ3n) is 2.98. The monoisotopic (exact) mass is 242 g/mol. The van der Waals surface area contributed by atoms with Gasteiger partial charge in [0, 0.05) is 11.8 Å². The fraction of sp³-hybridized carbons (Fsp3) is 0.0769. The minimum absolute atomic E-state index is 0.334. The third kappa shape index (κ3) is 1.27. The van der Waals surface area contributed by atoms with Crippen molar-refractivity contribution >= 4 is 23.2 Å². The standard InChI is InChI=1S/C13H10N2O3/c1-7-11(4-5-18-7)15-12(16)9-3-2-8(14)6-10(9)13(15)17/h2-6H,14H2,1H3. The van der Waals surface area contributed by atoms with Gasteiger partial charge in [-0.2, -0.15) is 0 Å². The van der Waals surface area contributed by atoms with Crippen molar-refractivity contribution in [1.29, 1.82) is 0 Å². The average Bonchev–Trinajstić information content (AvgIpc) is 2.84. The smallest absolute Gasteiger partial charge is 0.266 e. The summed E-state index contributed by atoms with van der Waals surface area (Å²) in [6.07, 6.45) is 1.45. The van der Waals surface area contributed by atoms with Crippen LogP contribution in [-0.2, 0) is 0 Å². The highest BCUT2D eigenvalue weighted by Crippen LogP contribution is 2.31. The van der Waals surface area contributed by atoms with Crippen LogP contribution < -0.4 is 10.6 Å². The molecule has 1 aromatic carbocycles. The molecule has 0 fully saturated rings.